The molecule has 0 fully saturated rings. The van der Waals surface area contributed by atoms with Crippen LogP contribution in [0, 0.1) is 6.92 Å². The monoisotopic (exact) mass is 258 g/mol. The lowest BCUT2D eigenvalue weighted by atomic mass is 10.2. The summed E-state index contributed by atoms with van der Waals surface area (Å²) in [5.41, 5.74) is 1.61. The van der Waals surface area contributed by atoms with Gasteiger partial charge in [0.25, 0.3) is 0 Å². The van der Waals surface area contributed by atoms with Crippen molar-refractivity contribution in [1.82, 2.24) is 9.71 Å². The predicted octanol–water partition coefficient (Wildman–Crippen LogP) is 0.283. The predicted molar refractivity (Wildman–Crippen MR) is 61.8 cm³/mol. The maximum Gasteiger partial charge on any atom is 0.323 e. The third-order valence-electron chi connectivity index (χ3n) is 2.42. The third-order valence-corrected chi connectivity index (χ3v) is 4.10. The lowest BCUT2D eigenvalue weighted by molar-refractivity contribution is -0.136. The van der Waals surface area contributed by atoms with Crippen LogP contribution in [-0.2, 0) is 21.4 Å². The van der Waals surface area contributed by atoms with E-state index >= 15 is 0 Å². The van der Waals surface area contributed by atoms with Crippen LogP contribution in [0.5, 0.6) is 0 Å². The molecule has 0 aliphatic rings. The Morgan fingerprint density at radius 2 is 2.24 bits per heavy atom. The SMILES string of the molecule is Cc1ccncc1CNS(=O)(=O)C(C)C(=O)O. The lowest BCUT2D eigenvalue weighted by Gasteiger charge is -2.11. The van der Waals surface area contributed by atoms with Crippen molar-refractivity contribution in [2.45, 2.75) is 25.6 Å². The fourth-order valence-electron chi connectivity index (χ4n) is 1.12. The second kappa shape index (κ2) is 5.24. The van der Waals surface area contributed by atoms with Crippen LogP contribution >= 0.6 is 0 Å². The number of hydrogen-bond donors (Lipinski definition) is 2. The number of hydrogen-bond acceptors (Lipinski definition) is 4. The van der Waals surface area contributed by atoms with Crippen LogP contribution in [0.15, 0.2) is 18.5 Å². The molecule has 1 atom stereocenters. The number of nitrogens with one attached hydrogen (secondary N) is 1. The van der Waals surface area contributed by atoms with E-state index in [0.717, 1.165) is 12.5 Å². The number of carboxylic acids is 1. The minimum Gasteiger partial charge on any atom is -0.480 e. The fraction of sp³-hybridized carbons (Fsp3) is 0.400. The summed E-state index contributed by atoms with van der Waals surface area (Å²) in [6, 6.07) is 1.75. The highest BCUT2D eigenvalue weighted by molar-refractivity contribution is 7.90. The van der Waals surface area contributed by atoms with Crippen LogP contribution in [0.1, 0.15) is 18.1 Å². The van der Waals surface area contributed by atoms with Crippen LogP contribution in [0.3, 0.4) is 0 Å². The first-order chi connectivity index (χ1) is 7.84. The summed E-state index contributed by atoms with van der Waals surface area (Å²) >= 11 is 0. The molecule has 2 N–H and O–H groups in total. The Balaban J connectivity index is 2.75. The van der Waals surface area contributed by atoms with E-state index in [9.17, 15) is 13.2 Å². The Morgan fingerprint density at radius 3 is 2.76 bits per heavy atom. The first-order valence-corrected chi connectivity index (χ1v) is 6.50. The number of pyridine rings is 1. The molecule has 1 unspecified atom stereocenters. The summed E-state index contributed by atoms with van der Waals surface area (Å²) in [7, 11) is -3.85. The second-order valence-electron chi connectivity index (χ2n) is 3.65. The minimum atomic E-state index is -3.85. The number of carbonyl (C=O) groups is 1. The van der Waals surface area contributed by atoms with Crippen molar-refractivity contribution in [1.29, 1.82) is 0 Å². The van der Waals surface area contributed by atoms with Crippen molar-refractivity contribution in [3.05, 3.63) is 29.6 Å². The smallest absolute Gasteiger partial charge is 0.323 e. The molecular weight excluding hydrogens is 244 g/mol. The first-order valence-electron chi connectivity index (χ1n) is 4.95. The number of aliphatic carboxylic acids is 1. The topological polar surface area (TPSA) is 96.4 Å². The van der Waals surface area contributed by atoms with Crippen molar-refractivity contribution in [3.8, 4) is 0 Å². The van der Waals surface area contributed by atoms with Crippen molar-refractivity contribution in [3.63, 3.8) is 0 Å². The zero-order valence-electron chi connectivity index (χ0n) is 9.54. The first kappa shape index (κ1) is 13.6. The molecule has 0 aliphatic heterocycles. The average molecular weight is 258 g/mol. The largest absolute Gasteiger partial charge is 0.480 e. The number of aryl methyl sites for hydroxylation is 1. The molecule has 0 amide bonds. The second-order valence-corrected chi connectivity index (χ2v) is 5.73. The molecule has 0 aromatic carbocycles. The summed E-state index contributed by atoms with van der Waals surface area (Å²) in [5.74, 6) is -1.37. The van der Waals surface area contributed by atoms with E-state index in [0.29, 0.717) is 5.56 Å². The standard InChI is InChI=1S/C10H14N2O4S/c1-7-3-4-11-5-9(7)6-12-17(15,16)8(2)10(13)14/h3-5,8,12H,6H2,1-2H3,(H,13,14). The zero-order valence-corrected chi connectivity index (χ0v) is 10.4. The molecule has 7 heteroatoms. The Labute approximate surface area is 99.7 Å². The van der Waals surface area contributed by atoms with Gasteiger partial charge in [0, 0.05) is 18.9 Å². The van der Waals surface area contributed by atoms with Gasteiger partial charge in [-0.3, -0.25) is 9.78 Å². The van der Waals surface area contributed by atoms with E-state index in [1.54, 1.807) is 18.5 Å². The van der Waals surface area contributed by atoms with Gasteiger partial charge in [-0.1, -0.05) is 0 Å². The Hall–Kier alpha value is -1.47. The third kappa shape index (κ3) is 3.50. The Bertz CT molecular complexity index is 513. The summed E-state index contributed by atoms with van der Waals surface area (Å²) in [5, 5.41) is 7.17. The highest BCUT2D eigenvalue weighted by Crippen LogP contribution is 2.06. The Morgan fingerprint density at radius 1 is 1.59 bits per heavy atom. The van der Waals surface area contributed by atoms with E-state index in [-0.39, 0.29) is 6.54 Å². The van der Waals surface area contributed by atoms with Crippen LogP contribution in [-0.4, -0.2) is 29.7 Å². The molecule has 1 aromatic rings. The van der Waals surface area contributed by atoms with Gasteiger partial charge in [0.05, 0.1) is 0 Å². The number of sulfonamides is 1. The molecule has 0 radical (unpaired) electrons. The van der Waals surface area contributed by atoms with Gasteiger partial charge in [-0.2, -0.15) is 0 Å². The summed E-state index contributed by atoms with van der Waals surface area (Å²) in [4.78, 5) is 14.5. The normalized spacial score (nSPS) is 13.3. The molecule has 17 heavy (non-hydrogen) atoms. The van der Waals surface area contributed by atoms with E-state index < -0.39 is 21.2 Å². The number of nitrogens with zero attached hydrogens (tertiary/aromatic N) is 1. The summed E-state index contributed by atoms with van der Waals surface area (Å²) in [6.07, 6.45) is 3.15. The van der Waals surface area contributed by atoms with Crippen molar-refractivity contribution in [2.75, 3.05) is 0 Å². The van der Waals surface area contributed by atoms with Gasteiger partial charge >= 0.3 is 5.97 Å². The molecule has 0 saturated heterocycles. The molecule has 0 spiro atoms. The fourth-order valence-corrected chi connectivity index (χ4v) is 1.99. The molecule has 0 aliphatic carbocycles. The molecule has 6 nitrogen and oxygen atoms in total. The Kier molecular flexibility index (Phi) is 4.19. The number of rotatable bonds is 5. The van der Waals surface area contributed by atoms with E-state index in [1.165, 1.54) is 0 Å². The number of aromatic nitrogens is 1. The highest BCUT2D eigenvalue weighted by atomic mass is 32.2. The van der Waals surface area contributed by atoms with Gasteiger partial charge in [0.15, 0.2) is 5.25 Å². The van der Waals surface area contributed by atoms with Gasteiger partial charge in [-0.25, -0.2) is 13.1 Å². The van der Waals surface area contributed by atoms with E-state index in [1.807, 2.05) is 6.92 Å². The molecule has 1 rings (SSSR count). The average Bonchev–Trinajstić information content (AvgIpc) is 2.27. The van der Waals surface area contributed by atoms with Crippen LogP contribution in [0.4, 0.5) is 0 Å². The molecule has 0 bridgehead atoms. The molecule has 0 saturated carbocycles. The molecule has 94 valence electrons. The van der Waals surface area contributed by atoms with E-state index in [4.69, 9.17) is 5.11 Å². The maximum atomic E-state index is 11.5. The summed E-state index contributed by atoms with van der Waals surface area (Å²) in [6.45, 7) is 2.99. The van der Waals surface area contributed by atoms with Crippen molar-refractivity contribution >= 4 is 16.0 Å². The van der Waals surface area contributed by atoms with Crippen molar-refractivity contribution < 1.29 is 18.3 Å². The quantitative estimate of drug-likeness (QED) is 0.791. The minimum absolute atomic E-state index is 0.0413. The van der Waals surface area contributed by atoms with Gasteiger partial charge in [0.2, 0.25) is 10.0 Å². The molecule has 1 aromatic heterocycles. The van der Waals surface area contributed by atoms with Gasteiger partial charge in [-0.15, -0.1) is 0 Å². The maximum absolute atomic E-state index is 11.5. The number of carboxylic acid groups (broad SMARTS) is 1. The molecular formula is C10H14N2O4S. The van der Waals surface area contributed by atoms with Crippen LogP contribution in [0.2, 0.25) is 0 Å². The van der Waals surface area contributed by atoms with Crippen LogP contribution < -0.4 is 4.72 Å². The van der Waals surface area contributed by atoms with Gasteiger partial charge in [0.1, 0.15) is 0 Å². The summed E-state index contributed by atoms with van der Waals surface area (Å²) < 4.78 is 25.3. The zero-order chi connectivity index (χ0) is 13.1. The lowest BCUT2D eigenvalue weighted by Crippen LogP contribution is -2.37. The highest BCUT2D eigenvalue weighted by Gasteiger charge is 2.27. The van der Waals surface area contributed by atoms with Gasteiger partial charge in [-0.05, 0) is 31.0 Å². The van der Waals surface area contributed by atoms with E-state index in [2.05, 4.69) is 9.71 Å². The van der Waals surface area contributed by atoms with Crippen molar-refractivity contribution in [2.24, 2.45) is 0 Å². The van der Waals surface area contributed by atoms with Crippen LogP contribution in [0.25, 0.3) is 0 Å². The molecule has 1 heterocycles. The van der Waals surface area contributed by atoms with Gasteiger partial charge < -0.3 is 5.11 Å².